The van der Waals surface area contributed by atoms with Crippen molar-refractivity contribution in [3.05, 3.63) is 12.2 Å². The number of aliphatic hydroxyl groups excluding tert-OH is 3. The maximum absolute atomic E-state index is 12.8. The highest BCUT2D eigenvalue weighted by molar-refractivity contribution is 7.80. The molecule has 57 heavy (non-hydrogen) atoms. The number of ether oxygens (including phenoxy) is 4. The first-order valence-corrected chi connectivity index (χ1v) is 24.3. The zero-order valence-corrected chi connectivity index (χ0v) is 36.7. The predicted molar refractivity (Wildman–Crippen MR) is 225 cm³/mol. The number of rotatable bonds is 40. The molecule has 1 aliphatic rings. The van der Waals surface area contributed by atoms with Gasteiger partial charge in [0.1, 0.15) is 30.5 Å². The van der Waals surface area contributed by atoms with Crippen LogP contribution in [-0.2, 0) is 38.3 Å². The van der Waals surface area contributed by atoms with Gasteiger partial charge >= 0.3 is 16.4 Å². The Morgan fingerprint density at radius 2 is 1.11 bits per heavy atom. The van der Waals surface area contributed by atoms with Crippen molar-refractivity contribution in [2.75, 3.05) is 26.4 Å². The average Bonchev–Trinajstić information content (AvgIpc) is 3.18. The van der Waals surface area contributed by atoms with Crippen molar-refractivity contribution in [1.29, 1.82) is 0 Å². The minimum absolute atomic E-state index is 0.0396. The van der Waals surface area contributed by atoms with E-state index in [9.17, 15) is 28.5 Å². The summed E-state index contributed by atoms with van der Waals surface area (Å²) in [6.07, 6.45) is 29.6. The van der Waals surface area contributed by atoms with Crippen molar-refractivity contribution in [1.82, 2.24) is 0 Å². The molecule has 0 aromatic heterocycles. The van der Waals surface area contributed by atoms with Crippen LogP contribution in [0.2, 0.25) is 0 Å². The van der Waals surface area contributed by atoms with Gasteiger partial charge in [-0.3, -0.25) is 9.35 Å². The van der Waals surface area contributed by atoms with Crippen molar-refractivity contribution in [3.63, 3.8) is 0 Å². The van der Waals surface area contributed by atoms with Crippen molar-refractivity contribution in [2.24, 2.45) is 0 Å². The summed E-state index contributed by atoms with van der Waals surface area (Å²) in [5, 5.41) is 30.6. The second-order valence-electron chi connectivity index (χ2n) is 16.0. The van der Waals surface area contributed by atoms with Crippen LogP contribution in [0.5, 0.6) is 0 Å². The summed E-state index contributed by atoms with van der Waals surface area (Å²) in [6, 6.07) is 0. The number of carbonyl (C=O) groups excluding carboxylic acids is 1. The Labute approximate surface area is 347 Å². The molecule has 0 saturated carbocycles. The molecular formula is C44H84O12S. The summed E-state index contributed by atoms with van der Waals surface area (Å²) in [5.74, 6) is -0.401. The normalized spacial score (nSPS) is 20.7. The molecule has 0 aliphatic carbocycles. The summed E-state index contributed by atoms with van der Waals surface area (Å²) in [5.41, 5.74) is 0. The lowest BCUT2D eigenvalue weighted by Gasteiger charge is -2.41. The maximum atomic E-state index is 12.8. The molecule has 6 atom stereocenters. The summed E-state index contributed by atoms with van der Waals surface area (Å²) in [7, 11) is -5.06. The molecule has 13 heteroatoms. The fourth-order valence-electron chi connectivity index (χ4n) is 7.14. The SMILES string of the molecule is CCCCCCCCC/C=C\CCCCCCCCCC(=O)OC(COCCCCCCCCCCCCCC)COC1OC(CO)C(O)C(OS(=O)(=O)O)C1O. The van der Waals surface area contributed by atoms with Crippen molar-refractivity contribution >= 4 is 16.4 Å². The molecule has 1 heterocycles. The van der Waals surface area contributed by atoms with Gasteiger partial charge < -0.3 is 34.3 Å². The highest BCUT2D eigenvalue weighted by Gasteiger charge is 2.48. The third-order valence-electron chi connectivity index (χ3n) is 10.6. The van der Waals surface area contributed by atoms with Crippen LogP contribution in [0, 0.1) is 0 Å². The Hall–Kier alpha value is -1.16. The number of esters is 1. The van der Waals surface area contributed by atoms with Gasteiger partial charge in [0, 0.05) is 13.0 Å². The van der Waals surface area contributed by atoms with Gasteiger partial charge in [-0.25, -0.2) is 4.18 Å². The van der Waals surface area contributed by atoms with Crippen LogP contribution in [0.4, 0.5) is 0 Å². The van der Waals surface area contributed by atoms with E-state index in [0.717, 1.165) is 44.9 Å². The number of unbranched alkanes of at least 4 members (excludes halogenated alkanes) is 25. The molecule has 4 N–H and O–H groups in total. The standard InChI is InChI=1S/C44H84O12S/c1-3-5-7-9-11-13-15-17-18-19-20-21-22-23-25-27-29-31-33-40(46)54-38(36-52-34-32-30-28-26-24-16-14-12-10-8-6-4-2)37-53-44-42(48)43(56-57(49,50)51)41(47)39(35-45)55-44/h18-19,38-39,41-45,47-48H,3-17,20-37H2,1-2H3,(H,49,50,51)/b19-18-. The second-order valence-corrected chi connectivity index (χ2v) is 17.0. The molecule has 0 radical (unpaired) electrons. The van der Waals surface area contributed by atoms with E-state index in [2.05, 4.69) is 30.2 Å². The van der Waals surface area contributed by atoms with E-state index in [1.807, 2.05) is 0 Å². The van der Waals surface area contributed by atoms with Gasteiger partial charge in [0.05, 0.1) is 19.8 Å². The topological polar surface area (TPSA) is 178 Å². The van der Waals surface area contributed by atoms with E-state index in [1.54, 1.807) is 0 Å². The first-order chi connectivity index (χ1) is 27.6. The molecule has 1 rings (SSSR count). The average molecular weight is 837 g/mol. The molecule has 0 aromatic carbocycles. The molecule has 0 spiro atoms. The maximum Gasteiger partial charge on any atom is 0.397 e. The zero-order chi connectivity index (χ0) is 41.8. The lowest BCUT2D eigenvalue weighted by atomic mass is 9.99. The van der Waals surface area contributed by atoms with Crippen molar-refractivity contribution in [3.8, 4) is 0 Å². The van der Waals surface area contributed by atoms with Crippen LogP contribution >= 0.6 is 0 Å². The van der Waals surface area contributed by atoms with Gasteiger partial charge in [-0.1, -0.05) is 167 Å². The highest BCUT2D eigenvalue weighted by atomic mass is 32.3. The molecule has 0 bridgehead atoms. The van der Waals surface area contributed by atoms with E-state index < -0.39 is 59.8 Å². The molecular weight excluding hydrogens is 753 g/mol. The molecule has 6 unspecified atom stereocenters. The summed E-state index contributed by atoms with van der Waals surface area (Å²) < 4.78 is 59.0. The molecule has 1 aliphatic heterocycles. The third-order valence-corrected chi connectivity index (χ3v) is 11.1. The summed E-state index contributed by atoms with van der Waals surface area (Å²) in [6.45, 7) is 4.00. The van der Waals surface area contributed by atoms with Crippen LogP contribution in [0.15, 0.2) is 12.2 Å². The van der Waals surface area contributed by atoms with Gasteiger partial charge in [0.25, 0.3) is 0 Å². The quantitative estimate of drug-likeness (QED) is 0.0199. The largest absolute Gasteiger partial charge is 0.457 e. The van der Waals surface area contributed by atoms with E-state index in [1.165, 1.54) is 128 Å². The van der Waals surface area contributed by atoms with Crippen LogP contribution in [0.3, 0.4) is 0 Å². The monoisotopic (exact) mass is 837 g/mol. The lowest BCUT2D eigenvalue weighted by Crippen LogP contribution is -2.60. The number of aliphatic hydroxyl groups is 3. The van der Waals surface area contributed by atoms with E-state index in [0.29, 0.717) is 13.0 Å². The van der Waals surface area contributed by atoms with Crippen LogP contribution in [0.1, 0.15) is 200 Å². The van der Waals surface area contributed by atoms with Crippen molar-refractivity contribution < 1.29 is 56.2 Å². The Bertz CT molecular complexity index is 1060. The van der Waals surface area contributed by atoms with Crippen LogP contribution in [0.25, 0.3) is 0 Å². The summed E-state index contributed by atoms with van der Waals surface area (Å²) in [4.78, 5) is 12.8. The van der Waals surface area contributed by atoms with Crippen LogP contribution in [-0.4, -0.2) is 97.5 Å². The van der Waals surface area contributed by atoms with E-state index in [4.69, 9.17) is 23.5 Å². The first-order valence-electron chi connectivity index (χ1n) is 22.9. The minimum Gasteiger partial charge on any atom is -0.457 e. The highest BCUT2D eigenvalue weighted by Crippen LogP contribution is 2.26. The van der Waals surface area contributed by atoms with Gasteiger partial charge in [-0.05, 0) is 38.5 Å². The smallest absolute Gasteiger partial charge is 0.397 e. The van der Waals surface area contributed by atoms with Gasteiger partial charge in [0.2, 0.25) is 0 Å². The van der Waals surface area contributed by atoms with Crippen molar-refractivity contribution in [2.45, 2.75) is 237 Å². The minimum atomic E-state index is -5.06. The predicted octanol–water partition coefficient (Wildman–Crippen LogP) is 9.47. The molecule has 338 valence electrons. The number of carbonyl (C=O) groups is 1. The second kappa shape index (κ2) is 36.7. The Balaban J connectivity index is 2.41. The number of hydrogen-bond donors (Lipinski definition) is 4. The molecule has 0 amide bonds. The van der Waals surface area contributed by atoms with Gasteiger partial charge in [-0.2, -0.15) is 8.42 Å². The molecule has 1 saturated heterocycles. The van der Waals surface area contributed by atoms with Gasteiger partial charge in [-0.15, -0.1) is 0 Å². The van der Waals surface area contributed by atoms with E-state index >= 15 is 0 Å². The number of hydrogen-bond acceptors (Lipinski definition) is 11. The molecule has 0 aromatic rings. The molecule has 12 nitrogen and oxygen atoms in total. The number of allylic oxidation sites excluding steroid dienone is 2. The fraction of sp³-hybridized carbons (Fsp3) is 0.932. The van der Waals surface area contributed by atoms with E-state index in [-0.39, 0.29) is 19.6 Å². The third kappa shape index (κ3) is 30.5. The Morgan fingerprint density at radius 3 is 1.58 bits per heavy atom. The Morgan fingerprint density at radius 1 is 0.649 bits per heavy atom. The lowest BCUT2D eigenvalue weighted by molar-refractivity contribution is -0.301. The molecule has 1 fully saturated rings. The zero-order valence-electron chi connectivity index (χ0n) is 35.9. The van der Waals surface area contributed by atoms with Gasteiger partial charge in [0.15, 0.2) is 6.29 Å². The van der Waals surface area contributed by atoms with Crippen LogP contribution < -0.4 is 0 Å². The summed E-state index contributed by atoms with van der Waals surface area (Å²) >= 11 is 0. The fourth-order valence-corrected chi connectivity index (χ4v) is 7.65. The Kier molecular flexibility index (Phi) is 34.6. The first kappa shape index (κ1) is 53.9.